The number of amides is 1. The summed E-state index contributed by atoms with van der Waals surface area (Å²) in [5.74, 6) is -1.48. The zero-order chi connectivity index (χ0) is 14.9. The van der Waals surface area contributed by atoms with Gasteiger partial charge in [0.1, 0.15) is 0 Å². The molecule has 1 aromatic rings. The minimum Gasteiger partial charge on any atom is -0.478 e. The molecular formula is C13H14Cl2N2O3. The van der Waals surface area contributed by atoms with Gasteiger partial charge in [-0.3, -0.25) is 4.79 Å². The van der Waals surface area contributed by atoms with Crippen LogP contribution < -0.4 is 11.1 Å². The molecule has 1 amide bonds. The van der Waals surface area contributed by atoms with Gasteiger partial charge in [-0.1, -0.05) is 23.2 Å². The summed E-state index contributed by atoms with van der Waals surface area (Å²) in [5.41, 5.74) is 5.98. The smallest absolute Gasteiger partial charge is 0.335 e. The molecule has 2 unspecified atom stereocenters. The van der Waals surface area contributed by atoms with Crippen molar-refractivity contribution in [3.8, 4) is 0 Å². The van der Waals surface area contributed by atoms with Crippen LogP contribution in [0.15, 0.2) is 12.1 Å². The van der Waals surface area contributed by atoms with Gasteiger partial charge in [0.15, 0.2) is 0 Å². The lowest BCUT2D eigenvalue weighted by atomic mass is 10.1. The Morgan fingerprint density at radius 1 is 1.25 bits per heavy atom. The summed E-state index contributed by atoms with van der Waals surface area (Å²) in [7, 11) is 0. The molecule has 0 spiro atoms. The van der Waals surface area contributed by atoms with Crippen LogP contribution >= 0.6 is 23.2 Å². The first-order chi connectivity index (χ1) is 9.38. The average molecular weight is 317 g/mol. The van der Waals surface area contributed by atoms with E-state index >= 15 is 0 Å². The van der Waals surface area contributed by atoms with Crippen molar-refractivity contribution in [2.75, 3.05) is 5.32 Å². The Kier molecular flexibility index (Phi) is 4.52. The van der Waals surface area contributed by atoms with E-state index in [2.05, 4.69) is 5.32 Å². The molecule has 0 aromatic heterocycles. The van der Waals surface area contributed by atoms with Gasteiger partial charge >= 0.3 is 5.97 Å². The summed E-state index contributed by atoms with van der Waals surface area (Å²) in [6.07, 6.45) is 2.18. The molecule has 1 aliphatic rings. The van der Waals surface area contributed by atoms with Crippen molar-refractivity contribution < 1.29 is 14.7 Å². The fraction of sp³-hybridized carbons (Fsp3) is 0.385. The number of halogens is 2. The van der Waals surface area contributed by atoms with E-state index in [9.17, 15) is 9.59 Å². The maximum atomic E-state index is 12.1. The Morgan fingerprint density at radius 2 is 1.85 bits per heavy atom. The van der Waals surface area contributed by atoms with E-state index in [4.69, 9.17) is 34.0 Å². The zero-order valence-corrected chi connectivity index (χ0v) is 12.0. The third-order valence-corrected chi connectivity index (χ3v) is 3.98. The Hall–Kier alpha value is -1.30. The number of nitrogens with one attached hydrogen (secondary N) is 1. The van der Waals surface area contributed by atoms with Crippen molar-refractivity contribution in [2.45, 2.75) is 25.3 Å². The highest BCUT2D eigenvalue weighted by atomic mass is 35.5. The van der Waals surface area contributed by atoms with Gasteiger partial charge in [0.05, 0.1) is 21.3 Å². The molecule has 5 nitrogen and oxygen atoms in total. The highest BCUT2D eigenvalue weighted by Crippen LogP contribution is 2.33. The molecule has 7 heteroatoms. The number of hydrogen-bond acceptors (Lipinski definition) is 3. The van der Waals surface area contributed by atoms with Gasteiger partial charge in [-0.25, -0.2) is 4.79 Å². The highest BCUT2D eigenvalue weighted by Gasteiger charge is 2.28. The summed E-state index contributed by atoms with van der Waals surface area (Å²) >= 11 is 11.9. The standard InChI is InChI=1S/C13H14Cl2N2O3/c14-9-4-7(13(19)20)5-10(15)11(9)17-12(18)6-1-2-8(16)3-6/h4-6,8H,1-3,16H2,(H,17,18)(H,19,20). The first-order valence-electron chi connectivity index (χ1n) is 6.17. The number of aromatic carboxylic acids is 1. The van der Waals surface area contributed by atoms with Gasteiger partial charge in [0, 0.05) is 12.0 Å². The van der Waals surface area contributed by atoms with Crippen LogP contribution in [-0.2, 0) is 4.79 Å². The molecule has 2 atom stereocenters. The van der Waals surface area contributed by atoms with Gasteiger partial charge in [-0.05, 0) is 31.4 Å². The summed E-state index contributed by atoms with van der Waals surface area (Å²) in [5, 5.41) is 11.8. The lowest BCUT2D eigenvalue weighted by molar-refractivity contribution is -0.119. The third-order valence-electron chi connectivity index (χ3n) is 3.38. The number of rotatable bonds is 3. The largest absolute Gasteiger partial charge is 0.478 e. The van der Waals surface area contributed by atoms with Gasteiger partial charge in [-0.2, -0.15) is 0 Å². The van der Waals surface area contributed by atoms with E-state index in [1.165, 1.54) is 12.1 Å². The van der Waals surface area contributed by atoms with Crippen molar-refractivity contribution in [3.05, 3.63) is 27.7 Å². The van der Waals surface area contributed by atoms with E-state index in [0.29, 0.717) is 6.42 Å². The predicted octanol–water partition coefficient (Wildman–Crippen LogP) is 2.76. The highest BCUT2D eigenvalue weighted by molar-refractivity contribution is 6.40. The summed E-state index contributed by atoms with van der Waals surface area (Å²) in [6, 6.07) is 2.56. The number of hydrogen-bond donors (Lipinski definition) is 3. The molecule has 1 fully saturated rings. The van der Waals surface area contributed by atoms with Crippen LogP contribution in [0.2, 0.25) is 10.0 Å². The Balaban J connectivity index is 2.17. The molecule has 0 radical (unpaired) electrons. The van der Waals surface area contributed by atoms with E-state index in [-0.39, 0.29) is 39.2 Å². The third kappa shape index (κ3) is 3.23. The van der Waals surface area contributed by atoms with Gasteiger partial charge in [0.25, 0.3) is 0 Å². The van der Waals surface area contributed by atoms with Crippen LogP contribution in [0, 0.1) is 5.92 Å². The van der Waals surface area contributed by atoms with E-state index < -0.39 is 5.97 Å². The molecule has 4 N–H and O–H groups in total. The van der Waals surface area contributed by atoms with Crippen LogP contribution in [0.3, 0.4) is 0 Å². The van der Waals surface area contributed by atoms with Crippen LogP contribution in [-0.4, -0.2) is 23.0 Å². The molecule has 108 valence electrons. The number of carboxylic acids is 1. The molecule has 20 heavy (non-hydrogen) atoms. The van der Waals surface area contributed by atoms with Crippen LogP contribution in [0.1, 0.15) is 29.6 Å². The molecule has 1 saturated carbocycles. The molecule has 2 rings (SSSR count). The molecule has 0 heterocycles. The molecule has 0 aliphatic heterocycles. The van der Waals surface area contributed by atoms with E-state index in [0.717, 1.165) is 12.8 Å². The minimum absolute atomic E-state index is 0.0270. The van der Waals surface area contributed by atoms with Crippen LogP contribution in [0.4, 0.5) is 5.69 Å². The number of nitrogens with two attached hydrogens (primary N) is 1. The minimum atomic E-state index is -1.13. The fourth-order valence-corrected chi connectivity index (χ4v) is 2.88. The first kappa shape index (κ1) is 15.1. The second-order valence-corrected chi connectivity index (χ2v) is 5.69. The van der Waals surface area contributed by atoms with Crippen molar-refractivity contribution in [1.29, 1.82) is 0 Å². The van der Waals surface area contributed by atoms with Gasteiger partial charge < -0.3 is 16.2 Å². The SMILES string of the molecule is NC1CCC(C(=O)Nc2c(Cl)cc(C(=O)O)cc2Cl)C1. The molecule has 1 aliphatic carbocycles. The monoisotopic (exact) mass is 316 g/mol. The number of anilines is 1. The molecule has 0 saturated heterocycles. The predicted molar refractivity (Wildman–Crippen MR) is 77.4 cm³/mol. The Morgan fingerprint density at radius 3 is 2.30 bits per heavy atom. The topological polar surface area (TPSA) is 92.4 Å². The fourth-order valence-electron chi connectivity index (χ4n) is 2.30. The van der Waals surface area contributed by atoms with Gasteiger partial charge in [-0.15, -0.1) is 0 Å². The lowest BCUT2D eigenvalue weighted by Crippen LogP contribution is -2.23. The number of carbonyl (C=O) groups is 2. The molecular weight excluding hydrogens is 303 g/mol. The second kappa shape index (κ2) is 5.99. The number of carboxylic acid groups (broad SMARTS) is 1. The van der Waals surface area contributed by atoms with Crippen molar-refractivity contribution in [1.82, 2.24) is 0 Å². The second-order valence-electron chi connectivity index (χ2n) is 4.88. The Labute approximate surface area is 126 Å². The summed E-state index contributed by atoms with van der Waals surface area (Å²) in [6.45, 7) is 0. The molecule has 0 bridgehead atoms. The van der Waals surface area contributed by atoms with Crippen LogP contribution in [0.25, 0.3) is 0 Å². The van der Waals surface area contributed by atoms with E-state index in [1.807, 2.05) is 0 Å². The Bertz CT molecular complexity index is 540. The first-order valence-corrected chi connectivity index (χ1v) is 6.93. The number of benzene rings is 1. The number of carbonyl (C=O) groups excluding carboxylic acids is 1. The van der Waals surface area contributed by atoms with Crippen molar-refractivity contribution in [3.63, 3.8) is 0 Å². The normalized spacial score (nSPS) is 21.8. The summed E-state index contributed by atoms with van der Waals surface area (Å²) < 4.78 is 0. The van der Waals surface area contributed by atoms with Gasteiger partial charge in [0.2, 0.25) is 5.91 Å². The van der Waals surface area contributed by atoms with Crippen molar-refractivity contribution in [2.24, 2.45) is 11.7 Å². The molecule has 1 aromatic carbocycles. The summed E-state index contributed by atoms with van der Waals surface area (Å²) in [4.78, 5) is 22.9. The maximum Gasteiger partial charge on any atom is 0.335 e. The average Bonchev–Trinajstić information content (AvgIpc) is 2.80. The van der Waals surface area contributed by atoms with Crippen LogP contribution in [0.5, 0.6) is 0 Å². The lowest BCUT2D eigenvalue weighted by Gasteiger charge is -2.13. The zero-order valence-electron chi connectivity index (χ0n) is 10.5. The maximum absolute atomic E-state index is 12.1. The quantitative estimate of drug-likeness (QED) is 0.799. The van der Waals surface area contributed by atoms with E-state index in [1.54, 1.807) is 0 Å². The van der Waals surface area contributed by atoms with Crippen molar-refractivity contribution >= 4 is 40.8 Å².